The van der Waals surface area contributed by atoms with Crippen molar-refractivity contribution in [1.29, 1.82) is 0 Å². The van der Waals surface area contributed by atoms with Crippen molar-refractivity contribution in [1.82, 2.24) is 26.6 Å². The number of rotatable bonds is 24. The highest BCUT2D eigenvalue weighted by Crippen LogP contribution is 2.68. The Balaban J connectivity index is 1.14. The van der Waals surface area contributed by atoms with Crippen molar-refractivity contribution < 1.29 is 68.6 Å². The number of carbonyl (C=O) groups excluding carboxylic acids is 5. The van der Waals surface area contributed by atoms with Crippen LogP contribution >= 0.6 is 0 Å². The summed E-state index contributed by atoms with van der Waals surface area (Å²) in [5, 5.41) is 65.4. The molecule has 0 unspecified atom stereocenters. The smallest absolute Gasteiger partial charge is 0.326 e. The molecule has 352 valence electrons. The zero-order valence-electron chi connectivity index (χ0n) is 36.7. The molecule has 13 atom stereocenters. The van der Waals surface area contributed by atoms with Gasteiger partial charge in [-0.15, -0.1) is 0 Å². The number of hydrogen-bond donors (Lipinski definition) is 10. The van der Waals surface area contributed by atoms with Crippen molar-refractivity contribution in [3.63, 3.8) is 0 Å². The van der Waals surface area contributed by atoms with E-state index in [4.69, 9.17) is 9.47 Å². The second kappa shape index (κ2) is 23.1. The maximum atomic E-state index is 13.1. The minimum atomic E-state index is -1.41. The van der Waals surface area contributed by atoms with E-state index in [9.17, 15) is 59.1 Å². The lowest BCUT2D eigenvalue weighted by molar-refractivity contribution is -0.207. The van der Waals surface area contributed by atoms with Crippen LogP contribution in [-0.2, 0) is 43.0 Å². The third-order valence-corrected chi connectivity index (χ3v) is 14.8. The Labute approximate surface area is 363 Å². The zero-order chi connectivity index (χ0) is 45.8. The summed E-state index contributed by atoms with van der Waals surface area (Å²) in [5.41, 5.74) is -0.486. The molecule has 0 aromatic carbocycles. The highest BCUT2D eigenvalue weighted by molar-refractivity contribution is 5.87. The van der Waals surface area contributed by atoms with E-state index in [0.29, 0.717) is 25.7 Å². The second-order valence-corrected chi connectivity index (χ2v) is 18.5. The van der Waals surface area contributed by atoms with Gasteiger partial charge in [0.05, 0.1) is 44.7 Å². The quantitative estimate of drug-likeness (QED) is 0.0575. The SMILES string of the molecule is CNC(=O)CNC(=O)COCCOCCNC(=O)CC[C@H](NC(=O)CC[C@H](NC(=O)CC[C@@H](C)[C@H]1CC[C@H]2[C@@H]3[C@H](O)C[C@@H]4C[C@H](O)CC[C@]4(C)[C@H]3C[C@H](O)[C@]12C)C(=O)O)C(=O)O. The van der Waals surface area contributed by atoms with Gasteiger partial charge in [0, 0.05) is 32.9 Å². The number of fused-ring (bicyclic) bond motifs is 5. The van der Waals surface area contributed by atoms with Gasteiger partial charge in [-0.25, -0.2) is 9.59 Å². The lowest BCUT2D eigenvalue weighted by Crippen LogP contribution is -2.62. The first kappa shape index (κ1) is 50.7. The van der Waals surface area contributed by atoms with Crippen LogP contribution in [0.4, 0.5) is 0 Å². The summed E-state index contributed by atoms with van der Waals surface area (Å²) in [6.07, 6.45) is 3.24. The first-order valence-corrected chi connectivity index (χ1v) is 22.3. The molecule has 0 saturated heterocycles. The summed E-state index contributed by atoms with van der Waals surface area (Å²) in [7, 11) is 1.45. The number of likely N-dealkylation sites (N-methyl/N-ethyl adjacent to an activating group) is 1. The average molecular weight is 882 g/mol. The number of carboxylic acid groups (broad SMARTS) is 2. The van der Waals surface area contributed by atoms with Crippen molar-refractivity contribution in [3.05, 3.63) is 0 Å². The molecule has 4 aliphatic carbocycles. The molecule has 4 fully saturated rings. The van der Waals surface area contributed by atoms with Crippen LogP contribution in [-0.4, -0.2) is 144 Å². The van der Waals surface area contributed by atoms with E-state index in [-0.39, 0.29) is 125 Å². The first-order valence-electron chi connectivity index (χ1n) is 22.3. The maximum Gasteiger partial charge on any atom is 0.326 e. The van der Waals surface area contributed by atoms with Gasteiger partial charge < -0.3 is 61.6 Å². The molecule has 0 radical (unpaired) electrons. The number of amides is 5. The van der Waals surface area contributed by atoms with Crippen molar-refractivity contribution in [2.24, 2.45) is 46.3 Å². The number of nitrogens with one attached hydrogen (secondary N) is 5. The molecule has 62 heavy (non-hydrogen) atoms. The fourth-order valence-electron chi connectivity index (χ4n) is 11.3. The number of hydrogen-bond acceptors (Lipinski definition) is 12. The van der Waals surface area contributed by atoms with Gasteiger partial charge >= 0.3 is 11.9 Å². The fraction of sp³-hybridized carbons (Fsp3) is 0.837. The van der Waals surface area contributed by atoms with Crippen LogP contribution < -0.4 is 26.6 Å². The Kier molecular flexibility index (Phi) is 18.9. The van der Waals surface area contributed by atoms with E-state index in [0.717, 1.165) is 25.7 Å². The number of carbonyl (C=O) groups is 7. The van der Waals surface area contributed by atoms with Crippen molar-refractivity contribution in [2.75, 3.05) is 46.6 Å². The largest absolute Gasteiger partial charge is 0.480 e. The molecular weight excluding hydrogens is 810 g/mol. The molecule has 19 heteroatoms. The summed E-state index contributed by atoms with van der Waals surface area (Å²) < 4.78 is 10.5. The number of aliphatic hydroxyl groups is 3. The fourth-order valence-corrected chi connectivity index (χ4v) is 11.3. The Bertz CT molecular complexity index is 1580. The third kappa shape index (κ3) is 13.1. The number of aliphatic carboxylic acids is 2. The zero-order valence-corrected chi connectivity index (χ0v) is 36.7. The van der Waals surface area contributed by atoms with Gasteiger partial charge in [-0.1, -0.05) is 20.8 Å². The summed E-state index contributed by atoms with van der Waals surface area (Å²) in [6.45, 7) is 6.51. The highest BCUT2D eigenvalue weighted by Gasteiger charge is 2.65. The van der Waals surface area contributed by atoms with E-state index in [2.05, 4.69) is 47.4 Å². The van der Waals surface area contributed by atoms with E-state index in [1.54, 1.807) is 0 Å². The summed E-state index contributed by atoms with van der Waals surface area (Å²) in [5.74, 6) is -4.56. The van der Waals surface area contributed by atoms with Gasteiger partial charge in [0.1, 0.15) is 18.7 Å². The minimum Gasteiger partial charge on any atom is -0.480 e. The van der Waals surface area contributed by atoms with Gasteiger partial charge in [-0.2, -0.15) is 0 Å². The van der Waals surface area contributed by atoms with Crippen LogP contribution in [0.15, 0.2) is 0 Å². The maximum absolute atomic E-state index is 13.1. The molecule has 0 bridgehead atoms. The minimum absolute atomic E-state index is 0.0231. The van der Waals surface area contributed by atoms with Gasteiger partial charge in [0.15, 0.2) is 0 Å². The summed E-state index contributed by atoms with van der Waals surface area (Å²) >= 11 is 0. The standard InChI is InChI=1S/C43H71N5O14/c1-24(27-6-7-28-39-29(21-33(51)43(27,28)3)42(2)14-13-26(49)19-25(42)20-32(39)50)5-10-35(53)47-31(41(59)60)9-12-36(54)48-30(40(57)58)8-11-34(52)45-15-16-61-17-18-62-23-38(56)46-22-37(55)44-4/h24-33,39,49-51H,5-23H2,1-4H3,(H,44,55)(H,45,52)(H,46,56)(H,47,53)(H,48,54)(H,57,58)(H,59,60)/t24-,25+,26-,27-,28+,29+,30+,31+,32-,33+,39+,42+,43-/m1/s1. The Morgan fingerprint density at radius 2 is 1.31 bits per heavy atom. The number of carboxylic acids is 2. The van der Waals surface area contributed by atoms with Gasteiger partial charge in [-0.05, 0) is 111 Å². The molecule has 0 spiro atoms. The van der Waals surface area contributed by atoms with Crippen molar-refractivity contribution in [3.8, 4) is 0 Å². The average Bonchev–Trinajstić information content (AvgIpc) is 3.58. The van der Waals surface area contributed by atoms with Crippen LogP contribution in [0.25, 0.3) is 0 Å². The Morgan fingerprint density at radius 1 is 0.694 bits per heavy atom. The van der Waals surface area contributed by atoms with Crippen LogP contribution in [0.1, 0.15) is 104 Å². The summed E-state index contributed by atoms with van der Waals surface area (Å²) in [4.78, 5) is 84.6. The molecule has 4 saturated carbocycles. The molecular formula is C43H71N5O14. The molecule has 19 nitrogen and oxygen atoms in total. The lowest BCUT2D eigenvalue weighted by atomic mass is 9.43. The Hall–Kier alpha value is -3.91. The normalized spacial score (nSPS) is 31.5. The van der Waals surface area contributed by atoms with Crippen LogP contribution in [0.2, 0.25) is 0 Å². The second-order valence-electron chi connectivity index (χ2n) is 18.5. The van der Waals surface area contributed by atoms with Gasteiger partial charge in [0.2, 0.25) is 29.5 Å². The lowest BCUT2D eigenvalue weighted by Gasteiger charge is -2.63. The predicted octanol–water partition coefficient (Wildman–Crippen LogP) is 0.0749. The predicted molar refractivity (Wildman–Crippen MR) is 222 cm³/mol. The first-order chi connectivity index (χ1) is 29.3. The Morgan fingerprint density at radius 3 is 1.94 bits per heavy atom. The molecule has 0 aromatic rings. The molecule has 4 aliphatic rings. The highest BCUT2D eigenvalue weighted by atomic mass is 16.5. The van der Waals surface area contributed by atoms with E-state index in [1.165, 1.54) is 7.05 Å². The monoisotopic (exact) mass is 881 g/mol. The molecule has 10 N–H and O–H groups in total. The molecule has 0 aromatic heterocycles. The van der Waals surface area contributed by atoms with E-state index in [1.807, 2.05) is 0 Å². The van der Waals surface area contributed by atoms with E-state index >= 15 is 0 Å². The van der Waals surface area contributed by atoms with Crippen LogP contribution in [0.5, 0.6) is 0 Å². The van der Waals surface area contributed by atoms with Crippen LogP contribution in [0.3, 0.4) is 0 Å². The molecule has 0 aliphatic heterocycles. The number of ether oxygens (including phenoxy) is 2. The van der Waals surface area contributed by atoms with Crippen LogP contribution in [0, 0.1) is 46.3 Å². The van der Waals surface area contributed by atoms with Gasteiger partial charge in [-0.3, -0.25) is 24.0 Å². The molecule has 4 rings (SSSR count). The van der Waals surface area contributed by atoms with Crippen molar-refractivity contribution in [2.45, 2.75) is 135 Å². The molecule has 0 heterocycles. The topological polar surface area (TPSA) is 299 Å². The van der Waals surface area contributed by atoms with E-state index < -0.39 is 65.3 Å². The molecule has 5 amide bonds. The number of aliphatic hydroxyl groups excluding tert-OH is 3. The third-order valence-electron chi connectivity index (χ3n) is 14.8. The summed E-state index contributed by atoms with van der Waals surface area (Å²) in [6, 6.07) is -2.81. The van der Waals surface area contributed by atoms with Gasteiger partial charge in [0.25, 0.3) is 0 Å². The van der Waals surface area contributed by atoms with Crippen molar-refractivity contribution >= 4 is 41.5 Å².